The summed E-state index contributed by atoms with van der Waals surface area (Å²) in [6.07, 6.45) is 0.977. The smallest absolute Gasteiger partial charge is 0.161 e. The van der Waals surface area contributed by atoms with E-state index in [0.29, 0.717) is 5.88 Å². The number of aromatic nitrogens is 3. The van der Waals surface area contributed by atoms with Crippen molar-refractivity contribution in [2.24, 2.45) is 0 Å². The molecule has 0 N–H and O–H groups in total. The maximum absolute atomic E-state index is 6.00. The first kappa shape index (κ1) is 14.1. The summed E-state index contributed by atoms with van der Waals surface area (Å²) >= 11 is 6.00. The molecule has 3 nitrogen and oxygen atoms in total. The lowest BCUT2D eigenvalue weighted by molar-refractivity contribution is 0.807. The van der Waals surface area contributed by atoms with E-state index in [9.17, 15) is 0 Å². The summed E-state index contributed by atoms with van der Waals surface area (Å²) in [5, 5.41) is 6.93. The Kier molecular flexibility index (Phi) is 3.68. The number of hydrogen-bond donors (Lipinski definition) is 0. The maximum atomic E-state index is 6.00. The van der Waals surface area contributed by atoms with Crippen molar-refractivity contribution in [2.75, 3.05) is 0 Å². The summed E-state index contributed by atoms with van der Waals surface area (Å²) in [6, 6.07) is 10.3. The number of nitrogens with zero attached hydrogens (tertiary/aromatic N) is 3. The Morgan fingerprint density at radius 3 is 2.62 bits per heavy atom. The van der Waals surface area contributed by atoms with Crippen LogP contribution in [0.4, 0.5) is 0 Å². The van der Waals surface area contributed by atoms with E-state index in [0.717, 1.165) is 40.1 Å². The van der Waals surface area contributed by atoms with Gasteiger partial charge in [0.1, 0.15) is 0 Å². The highest BCUT2D eigenvalue weighted by molar-refractivity contribution is 6.17. The fraction of sp³-hybridized carbons (Fsp3) is 0.294. The van der Waals surface area contributed by atoms with Crippen LogP contribution >= 0.6 is 11.6 Å². The number of pyridine rings is 1. The van der Waals surface area contributed by atoms with Crippen molar-refractivity contribution < 1.29 is 0 Å². The molecule has 0 bridgehead atoms. The summed E-state index contributed by atoms with van der Waals surface area (Å²) in [5.74, 6) is 1.27. The van der Waals surface area contributed by atoms with E-state index in [1.807, 2.05) is 22.9 Å². The Hall–Kier alpha value is -1.87. The summed E-state index contributed by atoms with van der Waals surface area (Å²) in [4.78, 5) is 4.71. The molecule has 0 aliphatic carbocycles. The molecule has 1 aromatic carbocycles. The van der Waals surface area contributed by atoms with Gasteiger partial charge in [-0.05, 0) is 37.3 Å². The third-order valence-electron chi connectivity index (χ3n) is 3.91. The summed E-state index contributed by atoms with van der Waals surface area (Å²) in [7, 11) is 0. The lowest BCUT2D eigenvalue weighted by atomic mass is 10.1. The zero-order chi connectivity index (χ0) is 15.0. The normalized spacial score (nSPS) is 11.2. The van der Waals surface area contributed by atoms with Gasteiger partial charge in [0.15, 0.2) is 5.82 Å². The highest BCUT2D eigenvalue weighted by Crippen LogP contribution is 2.25. The Bertz CT molecular complexity index is 805. The minimum atomic E-state index is 0.401. The van der Waals surface area contributed by atoms with E-state index in [-0.39, 0.29) is 0 Å². The molecule has 4 heteroatoms. The van der Waals surface area contributed by atoms with Crippen LogP contribution in [0.5, 0.6) is 0 Å². The Balaban J connectivity index is 2.34. The highest BCUT2D eigenvalue weighted by atomic mass is 35.5. The predicted octanol–water partition coefficient (Wildman–Crippen LogP) is 4.34. The van der Waals surface area contributed by atoms with Gasteiger partial charge in [-0.25, -0.2) is 9.67 Å². The van der Waals surface area contributed by atoms with E-state index in [2.05, 4.69) is 38.0 Å². The molecule has 0 fully saturated rings. The van der Waals surface area contributed by atoms with Crippen molar-refractivity contribution in [3.8, 4) is 5.82 Å². The van der Waals surface area contributed by atoms with Crippen molar-refractivity contribution in [3.05, 3.63) is 53.0 Å². The zero-order valence-corrected chi connectivity index (χ0v) is 13.3. The minimum absolute atomic E-state index is 0.401. The third kappa shape index (κ3) is 2.32. The fourth-order valence-corrected chi connectivity index (χ4v) is 2.99. The van der Waals surface area contributed by atoms with Gasteiger partial charge < -0.3 is 0 Å². The number of aryl methyl sites for hydroxylation is 1. The lowest BCUT2D eigenvalue weighted by Gasteiger charge is -2.10. The molecular formula is C17H18ClN3. The van der Waals surface area contributed by atoms with Gasteiger partial charge in [0.2, 0.25) is 0 Å². The second kappa shape index (κ2) is 5.49. The van der Waals surface area contributed by atoms with E-state index < -0.39 is 0 Å². The van der Waals surface area contributed by atoms with Crippen molar-refractivity contribution in [3.63, 3.8) is 0 Å². The topological polar surface area (TPSA) is 30.7 Å². The number of rotatable bonds is 3. The van der Waals surface area contributed by atoms with Crippen LogP contribution < -0.4 is 0 Å². The monoisotopic (exact) mass is 299 g/mol. The molecule has 3 aromatic rings. The molecule has 0 aliphatic rings. The molecule has 0 saturated heterocycles. The lowest BCUT2D eigenvalue weighted by Crippen LogP contribution is -2.05. The SMILES string of the molecule is CCc1c(C)nn(-c2nc(CCl)cc3ccccc23)c1C. The third-order valence-corrected chi connectivity index (χ3v) is 4.18. The fourth-order valence-electron chi connectivity index (χ4n) is 2.86. The molecule has 0 atom stereocenters. The minimum Gasteiger partial charge on any atom is -0.232 e. The number of halogens is 1. The first-order chi connectivity index (χ1) is 10.2. The standard InChI is InChI=1S/C17H18ClN3/c1-4-15-11(2)20-21(12(15)3)17-16-8-6-5-7-13(16)9-14(10-18)19-17/h5-9H,4,10H2,1-3H3. The Morgan fingerprint density at radius 1 is 1.19 bits per heavy atom. The van der Waals surface area contributed by atoms with Crippen molar-refractivity contribution in [2.45, 2.75) is 33.1 Å². The largest absolute Gasteiger partial charge is 0.232 e. The number of hydrogen-bond acceptors (Lipinski definition) is 2. The molecule has 0 radical (unpaired) electrons. The molecule has 0 unspecified atom stereocenters. The maximum Gasteiger partial charge on any atom is 0.161 e. The molecule has 21 heavy (non-hydrogen) atoms. The molecule has 2 aromatic heterocycles. The number of alkyl halides is 1. The molecule has 0 amide bonds. The first-order valence-corrected chi connectivity index (χ1v) is 7.69. The molecule has 0 spiro atoms. The first-order valence-electron chi connectivity index (χ1n) is 7.15. The van der Waals surface area contributed by atoms with E-state index in [1.54, 1.807) is 0 Å². The van der Waals surface area contributed by atoms with Crippen LogP contribution in [0.3, 0.4) is 0 Å². The van der Waals surface area contributed by atoms with Gasteiger partial charge in [0, 0.05) is 11.1 Å². The summed E-state index contributed by atoms with van der Waals surface area (Å²) < 4.78 is 1.95. The molecule has 3 rings (SSSR count). The van der Waals surface area contributed by atoms with Gasteiger partial charge in [0.25, 0.3) is 0 Å². The van der Waals surface area contributed by atoms with Crippen LogP contribution in [-0.2, 0) is 12.3 Å². The van der Waals surface area contributed by atoms with Gasteiger partial charge in [0.05, 0.1) is 17.3 Å². The number of benzene rings is 1. The Labute approximate surface area is 129 Å². The zero-order valence-electron chi connectivity index (χ0n) is 12.5. The number of fused-ring (bicyclic) bond motifs is 1. The van der Waals surface area contributed by atoms with Gasteiger partial charge in [-0.3, -0.25) is 0 Å². The van der Waals surface area contributed by atoms with Crippen LogP contribution in [-0.4, -0.2) is 14.8 Å². The molecule has 2 heterocycles. The second-order valence-electron chi connectivity index (χ2n) is 5.21. The van der Waals surface area contributed by atoms with Gasteiger partial charge in [-0.15, -0.1) is 11.6 Å². The van der Waals surface area contributed by atoms with Crippen LogP contribution in [0.25, 0.3) is 16.6 Å². The Morgan fingerprint density at radius 2 is 1.95 bits per heavy atom. The average molecular weight is 300 g/mol. The molecule has 0 saturated carbocycles. The van der Waals surface area contributed by atoms with Gasteiger partial charge in [-0.1, -0.05) is 31.2 Å². The van der Waals surface area contributed by atoms with Gasteiger partial charge >= 0.3 is 0 Å². The predicted molar refractivity (Wildman–Crippen MR) is 87.3 cm³/mol. The van der Waals surface area contributed by atoms with E-state index >= 15 is 0 Å². The second-order valence-corrected chi connectivity index (χ2v) is 5.47. The van der Waals surface area contributed by atoms with Gasteiger partial charge in [-0.2, -0.15) is 5.10 Å². The van der Waals surface area contributed by atoms with E-state index in [4.69, 9.17) is 16.6 Å². The van der Waals surface area contributed by atoms with Crippen molar-refractivity contribution in [1.82, 2.24) is 14.8 Å². The van der Waals surface area contributed by atoms with Crippen LogP contribution in [0.1, 0.15) is 29.6 Å². The molecule has 0 aliphatic heterocycles. The quantitative estimate of drug-likeness (QED) is 0.674. The van der Waals surface area contributed by atoms with E-state index in [1.165, 1.54) is 5.56 Å². The van der Waals surface area contributed by atoms with Crippen molar-refractivity contribution in [1.29, 1.82) is 0 Å². The molecule has 108 valence electrons. The summed E-state index contributed by atoms with van der Waals surface area (Å²) in [5.41, 5.74) is 4.38. The average Bonchev–Trinajstić information content (AvgIpc) is 2.80. The molecular weight excluding hydrogens is 282 g/mol. The van der Waals surface area contributed by atoms with Crippen molar-refractivity contribution >= 4 is 22.4 Å². The van der Waals surface area contributed by atoms with Crippen LogP contribution in [0.15, 0.2) is 30.3 Å². The highest BCUT2D eigenvalue weighted by Gasteiger charge is 2.15. The van der Waals surface area contributed by atoms with Crippen LogP contribution in [0, 0.1) is 13.8 Å². The van der Waals surface area contributed by atoms with Crippen LogP contribution in [0.2, 0.25) is 0 Å². The summed E-state index contributed by atoms with van der Waals surface area (Å²) in [6.45, 7) is 6.31.